The predicted octanol–water partition coefficient (Wildman–Crippen LogP) is 1.27. The molecule has 1 rings (SSSR count). The van der Waals surface area contributed by atoms with Crippen LogP contribution in [0.1, 0.15) is 40.0 Å². The first-order valence-electron chi connectivity index (χ1n) is 7.40. The maximum absolute atomic E-state index is 12.0. The van der Waals surface area contributed by atoms with Crippen LogP contribution >= 0.6 is 0 Å². The highest BCUT2D eigenvalue weighted by atomic mass is 16.3. The van der Waals surface area contributed by atoms with Crippen molar-refractivity contribution >= 4 is 6.03 Å². The molecule has 0 aromatic rings. The van der Waals surface area contributed by atoms with Crippen molar-refractivity contribution < 1.29 is 9.90 Å². The summed E-state index contributed by atoms with van der Waals surface area (Å²) in [5.41, 5.74) is -0.847. The number of carbonyl (C=O) groups excluding carboxylic acids is 1. The number of likely N-dealkylation sites (N-methyl/N-ethyl adjacent to an activating group) is 1. The van der Waals surface area contributed by atoms with E-state index in [1.807, 2.05) is 6.92 Å². The summed E-state index contributed by atoms with van der Waals surface area (Å²) in [4.78, 5) is 16.0. The van der Waals surface area contributed by atoms with E-state index in [1.54, 1.807) is 18.7 Å². The monoisotopic (exact) mass is 271 g/mol. The van der Waals surface area contributed by atoms with Gasteiger partial charge in [0.15, 0.2) is 0 Å². The zero-order chi connectivity index (χ0) is 14.3. The number of piperidine rings is 1. The normalized spacial score (nSPS) is 17.3. The van der Waals surface area contributed by atoms with Crippen LogP contribution in [0.5, 0.6) is 0 Å². The van der Waals surface area contributed by atoms with E-state index in [9.17, 15) is 9.90 Å². The summed E-state index contributed by atoms with van der Waals surface area (Å²) in [5.74, 6) is 0. The van der Waals surface area contributed by atoms with Gasteiger partial charge in [-0.25, -0.2) is 4.79 Å². The summed E-state index contributed by atoms with van der Waals surface area (Å²) in [6, 6.07) is -0.0818. The molecule has 0 atom stereocenters. The van der Waals surface area contributed by atoms with E-state index in [0.29, 0.717) is 19.6 Å². The minimum absolute atomic E-state index is 0.0818. The molecular formula is C14H29N3O2. The first-order valence-corrected chi connectivity index (χ1v) is 7.40. The van der Waals surface area contributed by atoms with Gasteiger partial charge in [0.05, 0.1) is 12.1 Å². The highest BCUT2D eigenvalue weighted by Gasteiger charge is 2.21. The smallest absolute Gasteiger partial charge is 0.317 e. The number of nitrogens with zero attached hydrogens (tertiary/aromatic N) is 2. The van der Waals surface area contributed by atoms with Crippen LogP contribution in [0.2, 0.25) is 0 Å². The number of hydrogen-bond donors (Lipinski definition) is 2. The Morgan fingerprint density at radius 3 is 2.47 bits per heavy atom. The van der Waals surface area contributed by atoms with E-state index in [1.165, 1.54) is 19.3 Å². The van der Waals surface area contributed by atoms with Gasteiger partial charge < -0.3 is 20.2 Å². The van der Waals surface area contributed by atoms with Gasteiger partial charge >= 0.3 is 6.03 Å². The Labute approximate surface area is 117 Å². The molecule has 1 aliphatic rings. The van der Waals surface area contributed by atoms with E-state index >= 15 is 0 Å². The minimum Gasteiger partial charge on any atom is -0.389 e. The fraction of sp³-hybridized carbons (Fsp3) is 0.929. The first kappa shape index (κ1) is 16.2. The van der Waals surface area contributed by atoms with E-state index in [2.05, 4.69) is 10.2 Å². The van der Waals surface area contributed by atoms with Gasteiger partial charge in [-0.1, -0.05) is 6.42 Å². The average molecular weight is 271 g/mol. The minimum atomic E-state index is -0.847. The number of amides is 2. The molecule has 0 bridgehead atoms. The van der Waals surface area contributed by atoms with Crippen LogP contribution in [-0.2, 0) is 0 Å². The molecule has 0 spiro atoms. The lowest BCUT2D eigenvalue weighted by molar-refractivity contribution is 0.0479. The van der Waals surface area contributed by atoms with Crippen molar-refractivity contribution in [2.75, 3.05) is 39.3 Å². The molecule has 1 fully saturated rings. The van der Waals surface area contributed by atoms with Crippen LogP contribution in [0.15, 0.2) is 0 Å². The molecule has 0 aromatic heterocycles. The second-order valence-electron chi connectivity index (χ2n) is 5.96. The Hall–Kier alpha value is -0.810. The zero-order valence-electron chi connectivity index (χ0n) is 12.6. The maximum Gasteiger partial charge on any atom is 0.317 e. The molecule has 5 heteroatoms. The second kappa shape index (κ2) is 7.70. The quantitative estimate of drug-likeness (QED) is 0.765. The van der Waals surface area contributed by atoms with Gasteiger partial charge in [0, 0.05) is 19.6 Å². The van der Waals surface area contributed by atoms with Crippen LogP contribution < -0.4 is 5.32 Å². The first-order chi connectivity index (χ1) is 8.92. The van der Waals surface area contributed by atoms with Crippen molar-refractivity contribution in [1.29, 1.82) is 0 Å². The van der Waals surface area contributed by atoms with Crippen molar-refractivity contribution in [2.45, 2.75) is 45.6 Å². The van der Waals surface area contributed by atoms with E-state index in [-0.39, 0.29) is 6.03 Å². The van der Waals surface area contributed by atoms with E-state index in [0.717, 1.165) is 19.6 Å². The number of carbonyl (C=O) groups is 1. The molecule has 1 heterocycles. The third kappa shape index (κ3) is 6.78. The Kier molecular flexibility index (Phi) is 6.58. The number of aliphatic hydroxyl groups is 1. The molecule has 2 N–H and O–H groups in total. The number of rotatable bonds is 6. The third-order valence-corrected chi connectivity index (χ3v) is 3.40. The van der Waals surface area contributed by atoms with Gasteiger partial charge in [-0.15, -0.1) is 0 Å². The summed E-state index contributed by atoms with van der Waals surface area (Å²) < 4.78 is 0. The SMILES string of the molecule is CCN(CC(C)(C)O)C(=O)NCCN1CCCCC1. The van der Waals surface area contributed by atoms with Gasteiger partial charge in [-0.05, 0) is 46.7 Å². The predicted molar refractivity (Wildman–Crippen MR) is 77.2 cm³/mol. The summed E-state index contributed by atoms with van der Waals surface area (Å²) in [6.45, 7) is 10.2. The summed E-state index contributed by atoms with van der Waals surface area (Å²) in [7, 11) is 0. The van der Waals surface area contributed by atoms with Crippen LogP contribution in [0.25, 0.3) is 0 Å². The van der Waals surface area contributed by atoms with E-state index < -0.39 is 5.60 Å². The standard InChI is InChI=1S/C14H29N3O2/c1-4-17(12-14(2,3)19)13(18)15-8-11-16-9-6-5-7-10-16/h19H,4-12H2,1-3H3,(H,15,18). The number of urea groups is 1. The molecule has 1 aliphatic heterocycles. The number of hydrogen-bond acceptors (Lipinski definition) is 3. The lowest BCUT2D eigenvalue weighted by Crippen LogP contribution is -2.48. The van der Waals surface area contributed by atoms with Crippen molar-refractivity contribution in [1.82, 2.24) is 15.1 Å². The maximum atomic E-state index is 12.0. The van der Waals surface area contributed by atoms with Crippen molar-refractivity contribution in [3.63, 3.8) is 0 Å². The highest BCUT2D eigenvalue weighted by Crippen LogP contribution is 2.07. The van der Waals surface area contributed by atoms with Crippen LogP contribution in [0, 0.1) is 0 Å². The molecule has 0 unspecified atom stereocenters. The molecule has 0 aliphatic carbocycles. The van der Waals surface area contributed by atoms with Crippen LogP contribution in [-0.4, -0.2) is 65.8 Å². The molecular weight excluding hydrogens is 242 g/mol. The number of likely N-dealkylation sites (tertiary alicyclic amines) is 1. The third-order valence-electron chi connectivity index (χ3n) is 3.40. The largest absolute Gasteiger partial charge is 0.389 e. The summed E-state index contributed by atoms with van der Waals surface area (Å²) in [6.07, 6.45) is 3.87. The van der Waals surface area contributed by atoms with Gasteiger partial charge in [-0.2, -0.15) is 0 Å². The Bertz CT molecular complexity index is 270. The molecule has 0 saturated carbocycles. The molecule has 112 valence electrons. The summed E-state index contributed by atoms with van der Waals surface area (Å²) >= 11 is 0. The van der Waals surface area contributed by atoms with Gasteiger partial charge in [0.2, 0.25) is 0 Å². The van der Waals surface area contributed by atoms with Crippen LogP contribution in [0.3, 0.4) is 0 Å². The van der Waals surface area contributed by atoms with Crippen molar-refractivity contribution in [3.8, 4) is 0 Å². The van der Waals surface area contributed by atoms with Crippen molar-refractivity contribution in [3.05, 3.63) is 0 Å². The summed E-state index contributed by atoms with van der Waals surface area (Å²) in [5, 5.41) is 12.7. The molecule has 0 aromatic carbocycles. The Morgan fingerprint density at radius 2 is 1.95 bits per heavy atom. The lowest BCUT2D eigenvalue weighted by atomic mass is 10.1. The molecule has 1 saturated heterocycles. The fourth-order valence-corrected chi connectivity index (χ4v) is 2.41. The van der Waals surface area contributed by atoms with Gasteiger partial charge in [0.1, 0.15) is 0 Å². The Balaban J connectivity index is 2.24. The average Bonchev–Trinajstić information content (AvgIpc) is 2.36. The highest BCUT2D eigenvalue weighted by molar-refractivity contribution is 5.74. The van der Waals surface area contributed by atoms with Gasteiger partial charge in [-0.3, -0.25) is 0 Å². The van der Waals surface area contributed by atoms with Gasteiger partial charge in [0.25, 0.3) is 0 Å². The second-order valence-corrected chi connectivity index (χ2v) is 5.96. The molecule has 0 radical (unpaired) electrons. The van der Waals surface area contributed by atoms with Crippen LogP contribution in [0.4, 0.5) is 4.79 Å². The molecule has 19 heavy (non-hydrogen) atoms. The Morgan fingerprint density at radius 1 is 1.32 bits per heavy atom. The topological polar surface area (TPSA) is 55.8 Å². The number of nitrogens with one attached hydrogen (secondary N) is 1. The van der Waals surface area contributed by atoms with E-state index in [4.69, 9.17) is 0 Å². The zero-order valence-corrected chi connectivity index (χ0v) is 12.6. The fourth-order valence-electron chi connectivity index (χ4n) is 2.41. The lowest BCUT2D eigenvalue weighted by Gasteiger charge is -2.29. The van der Waals surface area contributed by atoms with Crippen molar-refractivity contribution in [2.24, 2.45) is 0 Å². The molecule has 2 amide bonds. The molecule has 5 nitrogen and oxygen atoms in total.